The summed E-state index contributed by atoms with van der Waals surface area (Å²) in [4.78, 5) is 11.7. The van der Waals surface area contributed by atoms with Crippen LogP contribution in [0.4, 0.5) is 13.2 Å². The van der Waals surface area contributed by atoms with Crippen LogP contribution in [-0.2, 0) is 10.9 Å². The number of halogens is 3. The zero-order valence-corrected chi connectivity index (χ0v) is 12.8. The topological polar surface area (TPSA) is 78.6 Å². The van der Waals surface area contributed by atoms with Gasteiger partial charge >= 0.3 is 12.1 Å². The normalized spacial score (nSPS) is 11.5. The molecule has 0 saturated carbocycles. The fourth-order valence-corrected chi connectivity index (χ4v) is 2.02. The third-order valence-corrected chi connectivity index (χ3v) is 3.06. The Hall–Kier alpha value is -3.17. The molecule has 0 unspecified atom stereocenters. The molecule has 0 N–H and O–H groups in total. The molecule has 0 bridgehead atoms. The van der Waals surface area contributed by atoms with Crippen molar-refractivity contribution in [2.24, 2.45) is 0 Å². The number of aromatic nitrogens is 4. The lowest BCUT2D eigenvalue weighted by Crippen LogP contribution is -2.12. The molecule has 0 aliphatic heterocycles. The fourth-order valence-electron chi connectivity index (χ4n) is 2.02. The Balaban J connectivity index is 1.91. The molecule has 0 atom stereocenters. The molecule has 0 saturated heterocycles. The molecule has 1 aromatic carbocycles. The molecule has 2 aromatic heterocycles. The smallest absolute Gasteiger partial charge is 0.453 e. The number of hydrogen-bond donors (Lipinski definition) is 0. The van der Waals surface area contributed by atoms with Gasteiger partial charge < -0.3 is 9.47 Å². The molecular weight excluding hydrogens is 341 g/mol. The maximum atomic E-state index is 12.9. The van der Waals surface area contributed by atoms with Crippen LogP contribution in [0, 0.1) is 0 Å². The molecule has 2 heterocycles. The number of fused-ring (bicyclic) bond motifs is 1. The second-order valence-electron chi connectivity index (χ2n) is 4.81. The molecule has 3 rings (SSSR count). The van der Waals surface area contributed by atoms with Crippen molar-refractivity contribution in [1.82, 2.24) is 19.8 Å². The van der Waals surface area contributed by atoms with Crippen LogP contribution >= 0.6 is 0 Å². The highest BCUT2D eigenvalue weighted by Gasteiger charge is 2.37. The van der Waals surface area contributed by atoms with Gasteiger partial charge in [-0.15, -0.1) is 15.3 Å². The maximum Gasteiger partial charge on any atom is 0.453 e. The Morgan fingerprint density at radius 3 is 2.72 bits per heavy atom. The number of ether oxygens (including phenoxy) is 2. The highest BCUT2D eigenvalue weighted by molar-refractivity contribution is 5.89. The van der Waals surface area contributed by atoms with Crippen LogP contribution < -0.4 is 4.74 Å². The molecule has 3 aromatic rings. The van der Waals surface area contributed by atoms with Crippen LogP contribution in [0.3, 0.4) is 0 Å². The Kier molecular flexibility index (Phi) is 4.26. The van der Waals surface area contributed by atoms with Gasteiger partial charge in [0.15, 0.2) is 5.65 Å². The first-order valence-corrected chi connectivity index (χ1v) is 7.13. The van der Waals surface area contributed by atoms with Crippen molar-refractivity contribution in [1.29, 1.82) is 0 Å². The van der Waals surface area contributed by atoms with Gasteiger partial charge in [0.2, 0.25) is 5.88 Å². The summed E-state index contributed by atoms with van der Waals surface area (Å²) in [5, 5.41) is 10.2. The Morgan fingerprint density at radius 1 is 1.20 bits per heavy atom. The number of hydrogen-bond acceptors (Lipinski definition) is 6. The van der Waals surface area contributed by atoms with Crippen molar-refractivity contribution in [3.63, 3.8) is 0 Å². The van der Waals surface area contributed by atoms with Crippen LogP contribution in [0.5, 0.6) is 11.6 Å². The lowest BCUT2D eigenvalue weighted by Gasteiger charge is -2.08. The molecular formula is C15H11F3N4O3. The summed E-state index contributed by atoms with van der Waals surface area (Å²) >= 11 is 0. The molecule has 0 spiro atoms. The minimum Gasteiger partial charge on any atom is -0.462 e. The predicted molar refractivity (Wildman–Crippen MR) is 78.3 cm³/mol. The Morgan fingerprint density at radius 2 is 2.00 bits per heavy atom. The van der Waals surface area contributed by atoms with E-state index in [1.165, 1.54) is 30.3 Å². The predicted octanol–water partition coefficient (Wildman–Crippen LogP) is 3.11. The van der Waals surface area contributed by atoms with Gasteiger partial charge in [0, 0.05) is 6.07 Å². The van der Waals surface area contributed by atoms with E-state index in [9.17, 15) is 18.0 Å². The van der Waals surface area contributed by atoms with Crippen LogP contribution in [-0.4, -0.2) is 32.4 Å². The average Bonchev–Trinajstić information content (AvgIpc) is 2.99. The zero-order chi connectivity index (χ0) is 18.0. The quantitative estimate of drug-likeness (QED) is 0.672. The first-order chi connectivity index (χ1) is 11.9. The van der Waals surface area contributed by atoms with Crippen molar-refractivity contribution < 1.29 is 27.4 Å². The summed E-state index contributed by atoms with van der Waals surface area (Å²) in [6, 6.07) is 8.66. The lowest BCUT2D eigenvalue weighted by atomic mass is 10.2. The molecule has 7 nitrogen and oxygen atoms in total. The van der Waals surface area contributed by atoms with E-state index in [1.807, 2.05) is 0 Å². The van der Waals surface area contributed by atoms with Crippen molar-refractivity contribution in [3.8, 4) is 11.6 Å². The standard InChI is InChI=1S/C15H11F3N4O3/c1-2-24-13(23)9-4-3-5-10(8-9)25-12-7-6-11-19-20-14(15(16,17)18)22(11)21-12/h3-8H,2H2,1H3. The van der Waals surface area contributed by atoms with Crippen LogP contribution in [0.15, 0.2) is 36.4 Å². The van der Waals surface area contributed by atoms with E-state index in [-0.39, 0.29) is 29.4 Å². The van der Waals surface area contributed by atoms with Crippen LogP contribution in [0.1, 0.15) is 23.1 Å². The molecule has 0 radical (unpaired) electrons. The SMILES string of the molecule is CCOC(=O)c1cccc(Oc2ccc3nnc(C(F)(F)F)n3n2)c1. The van der Waals surface area contributed by atoms with Crippen molar-refractivity contribution in [3.05, 3.63) is 47.8 Å². The summed E-state index contributed by atoms with van der Waals surface area (Å²) in [5.41, 5.74) is 0.181. The number of benzene rings is 1. The number of alkyl halides is 3. The van der Waals surface area contributed by atoms with E-state index >= 15 is 0 Å². The number of rotatable bonds is 4. The second kappa shape index (κ2) is 6.38. The van der Waals surface area contributed by atoms with Gasteiger partial charge in [0.05, 0.1) is 12.2 Å². The summed E-state index contributed by atoms with van der Waals surface area (Å²) in [7, 11) is 0. The molecule has 0 fully saturated rings. The van der Waals surface area contributed by atoms with Gasteiger partial charge in [-0.2, -0.15) is 17.7 Å². The average molecular weight is 352 g/mol. The van der Waals surface area contributed by atoms with Gasteiger partial charge in [-0.05, 0) is 31.2 Å². The summed E-state index contributed by atoms with van der Waals surface area (Å²) in [6.45, 7) is 1.89. The van der Waals surface area contributed by atoms with Crippen molar-refractivity contribution in [2.45, 2.75) is 13.1 Å². The minimum atomic E-state index is -4.70. The van der Waals surface area contributed by atoms with E-state index in [1.54, 1.807) is 13.0 Å². The third-order valence-electron chi connectivity index (χ3n) is 3.06. The zero-order valence-electron chi connectivity index (χ0n) is 12.8. The van der Waals surface area contributed by atoms with Gasteiger partial charge in [-0.3, -0.25) is 0 Å². The highest BCUT2D eigenvalue weighted by atomic mass is 19.4. The van der Waals surface area contributed by atoms with Gasteiger partial charge in [0.25, 0.3) is 5.82 Å². The summed E-state index contributed by atoms with van der Waals surface area (Å²) in [6.07, 6.45) is -4.70. The van der Waals surface area contributed by atoms with Crippen molar-refractivity contribution >= 4 is 11.6 Å². The number of carbonyl (C=O) groups excluding carboxylic acids is 1. The number of nitrogens with zero attached hydrogens (tertiary/aromatic N) is 4. The van der Waals surface area contributed by atoms with Gasteiger partial charge in [-0.25, -0.2) is 4.79 Å². The monoisotopic (exact) mass is 352 g/mol. The van der Waals surface area contributed by atoms with E-state index < -0.39 is 18.0 Å². The number of esters is 1. The molecule has 0 amide bonds. The second-order valence-corrected chi connectivity index (χ2v) is 4.81. The Bertz CT molecular complexity index is 924. The maximum absolute atomic E-state index is 12.9. The van der Waals surface area contributed by atoms with Crippen molar-refractivity contribution in [2.75, 3.05) is 6.61 Å². The Labute approximate surface area is 139 Å². The van der Waals surface area contributed by atoms with E-state index in [2.05, 4.69) is 15.3 Å². The highest BCUT2D eigenvalue weighted by Crippen LogP contribution is 2.28. The summed E-state index contributed by atoms with van der Waals surface area (Å²) in [5.74, 6) is -1.68. The van der Waals surface area contributed by atoms with E-state index in [0.717, 1.165) is 0 Å². The molecule has 0 aliphatic carbocycles. The van der Waals surface area contributed by atoms with E-state index in [0.29, 0.717) is 4.52 Å². The summed E-state index contributed by atoms with van der Waals surface area (Å²) < 4.78 is 49.5. The molecule has 25 heavy (non-hydrogen) atoms. The fraction of sp³-hybridized carbons (Fsp3) is 0.200. The van der Waals surface area contributed by atoms with Crippen LogP contribution in [0.25, 0.3) is 5.65 Å². The first-order valence-electron chi connectivity index (χ1n) is 7.13. The van der Waals surface area contributed by atoms with Crippen LogP contribution in [0.2, 0.25) is 0 Å². The molecule has 10 heteroatoms. The lowest BCUT2D eigenvalue weighted by molar-refractivity contribution is -0.146. The van der Waals surface area contributed by atoms with E-state index in [4.69, 9.17) is 9.47 Å². The van der Waals surface area contributed by atoms with Gasteiger partial charge in [-0.1, -0.05) is 6.07 Å². The third kappa shape index (κ3) is 3.52. The largest absolute Gasteiger partial charge is 0.462 e. The van der Waals surface area contributed by atoms with Gasteiger partial charge in [0.1, 0.15) is 5.75 Å². The first kappa shape index (κ1) is 16.7. The molecule has 130 valence electrons. The number of carbonyl (C=O) groups is 1. The minimum absolute atomic E-state index is 0.0695. The molecule has 0 aliphatic rings.